The summed E-state index contributed by atoms with van der Waals surface area (Å²) in [5, 5.41) is 0. The molecule has 0 amide bonds. The number of thiophene rings is 1. The first-order valence-corrected chi connectivity index (χ1v) is 9.71. The minimum atomic E-state index is -0.257. The van der Waals surface area contributed by atoms with E-state index in [0.29, 0.717) is 16.7 Å². The van der Waals surface area contributed by atoms with Gasteiger partial charge in [0.25, 0.3) is 0 Å². The van der Waals surface area contributed by atoms with E-state index in [1.807, 2.05) is 62.4 Å². The van der Waals surface area contributed by atoms with Crippen LogP contribution in [0.5, 0.6) is 0 Å². The van der Waals surface area contributed by atoms with Gasteiger partial charge in [-0.25, -0.2) is 0 Å². The van der Waals surface area contributed by atoms with Crippen LogP contribution in [0.3, 0.4) is 0 Å². The number of aryl methyl sites for hydroxylation is 2. The molecule has 0 saturated carbocycles. The average molecular weight is 385 g/mol. The van der Waals surface area contributed by atoms with E-state index in [1.165, 1.54) is 17.4 Å². The molecule has 136 valence electrons. The lowest BCUT2D eigenvalue weighted by Gasteiger charge is -2.03. The number of Topliss-reactive ketones (excluding diaryl/α,β-unsaturated/α-hetero) is 2. The van der Waals surface area contributed by atoms with Crippen LogP contribution in [0.4, 0.5) is 0 Å². The van der Waals surface area contributed by atoms with Crippen molar-refractivity contribution in [1.29, 1.82) is 0 Å². The van der Waals surface area contributed by atoms with Crippen LogP contribution in [-0.4, -0.2) is 16.6 Å². The van der Waals surface area contributed by atoms with E-state index in [0.717, 1.165) is 26.4 Å². The number of nitrogens with zero attached hydrogens (tertiary/aromatic N) is 1. The van der Waals surface area contributed by atoms with Crippen LogP contribution >= 0.6 is 11.3 Å². The molecule has 1 aliphatic carbocycles. The Kier molecular flexibility index (Phi) is 3.67. The summed E-state index contributed by atoms with van der Waals surface area (Å²) < 4.78 is 5.81. The number of ketones is 2. The molecule has 2 heterocycles. The highest BCUT2D eigenvalue weighted by atomic mass is 32.1. The number of fused-ring (bicyclic) bond motifs is 2. The molecule has 0 unspecified atom stereocenters. The van der Waals surface area contributed by atoms with Gasteiger partial charge in [-0.1, -0.05) is 42.5 Å². The molecule has 28 heavy (non-hydrogen) atoms. The molecule has 5 heteroatoms. The molecule has 2 aromatic heterocycles. The summed E-state index contributed by atoms with van der Waals surface area (Å²) in [4.78, 5) is 31.9. The molecule has 0 atom stereocenters. The maximum atomic E-state index is 12.8. The SMILES string of the molecule is Cc1ccc(C)c2c1C(=O)C(=Cc1nc3sc(-c4ccccc4)cc3o1)C2=O. The molecule has 0 fully saturated rings. The fraction of sp³-hybridized carbons (Fsp3) is 0.0870. The highest BCUT2D eigenvalue weighted by molar-refractivity contribution is 7.21. The monoisotopic (exact) mass is 385 g/mol. The molecule has 0 aliphatic heterocycles. The molecule has 1 aliphatic rings. The molecule has 4 aromatic rings. The number of carbonyl (C=O) groups excluding carboxylic acids is 2. The first-order valence-electron chi connectivity index (χ1n) is 8.90. The summed E-state index contributed by atoms with van der Waals surface area (Å²) in [6.45, 7) is 3.69. The van der Waals surface area contributed by atoms with Crippen LogP contribution in [-0.2, 0) is 0 Å². The van der Waals surface area contributed by atoms with Gasteiger partial charge in [0.2, 0.25) is 5.89 Å². The van der Waals surface area contributed by atoms with Crippen LogP contribution in [0, 0.1) is 13.8 Å². The van der Waals surface area contributed by atoms with Crippen molar-refractivity contribution in [3.05, 3.63) is 82.2 Å². The predicted molar refractivity (Wildman–Crippen MR) is 110 cm³/mol. The molecular formula is C23H15NO3S. The Labute approximate surface area is 165 Å². The summed E-state index contributed by atoms with van der Waals surface area (Å²) in [5.74, 6) is -0.235. The minimum Gasteiger partial charge on any atom is -0.436 e. The van der Waals surface area contributed by atoms with Gasteiger partial charge < -0.3 is 4.42 Å². The number of aromatic nitrogens is 1. The maximum Gasteiger partial charge on any atom is 0.221 e. The topological polar surface area (TPSA) is 60.2 Å². The van der Waals surface area contributed by atoms with Gasteiger partial charge in [0, 0.05) is 28.1 Å². The lowest BCUT2D eigenvalue weighted by atomic mass is 9.99. The summed E-state index contributed by atoms with van der Waals surface area (Å²) in [7, 11) is 0. The Hall–Kier alpha value is -3.31. The lowest BCUT2D eigenvalue weighted by molar-refractivity contribution is 0.0990. The Morgan fingerprint density at radius 3 is 2.18 bits per heavy atom. The van der Waals surface area contributed by atoms with Crippen molar-refractivity contribution in [3.8, 4) is 10.4 Å². The highest BCUT2D eigenvalue weighted by Crippen LogP contribution is 2.36. The third-order valence-corrected chi connectivity index (χ3v) is 6.06. The fourth-order valence-electron chi connectivity index (χ4n) is 3.58. The molecule has 4 nitrogen and oxygen atoms in total. The van der Waals surface area contributed by atoms with Gasteiger partial charge in [0.15, 0.2) is 22.0 Å². The van der Waals surface area contributed by atoms with Gasteiger partial charge in [-0.15, -0.1) is 11.3 Å². The Balaban J connectivity index is 1.55. The minimum absolute atomic E-state index is 0.115. The zero-order chi connectivity index (χ0) is 19.4. The number of oxazole rings is 1. The standard InChI is InChI=1S/C23H15NO3S/c1-12-8-9-13(2)20-19(12)21(25)15(22(20)26)10-18-24-23-16(27-18)11-17(28-23)14-6-4-3-5-7-14/h3-11H,1-2H3. The van der Waals surface area contributed by atoms with E-state index in [9.17, 15) is 9.59 Å². The van der Waals surface area contributed by atoms with Crippen molar-refractivity contribution in [2.24, 2.45) is 0 Å². The molecule has 0 saturated heterocycles. The second-order valence-electron chi connectivity index (χ2n) is 6.86. The smallest absolute Gasteiger partial charge is 0.221 e. The number of allylic oxidation sites excluding steroid dienone is 1. The van der Waals surface area contributed by atoms with E-state index in [1.54, 1.807) is 0 Å². The Morgan fingerprint density at radius 1 is 0.929 bits per heavy atom. The highest BCUT2D eigenvalue weighted by Gasteiger charge is 2.36. The number of hydrogen-bond acceptors (Lipinski definition) is 5. The number of hydrogen-bond donors (Lipinski definition) is 0. The van der Waals surface area contributed by atoms with Crippen molar-refractivity contribution in [2.45, 2.75) is 13.8 Å². The normalized spacial score (nSPS) is 13.4. The first kappa shape index (κ1) is 16.8. The van der Waals surface area contributed by atoms with Crippen LogP contribution < -0.4 is 0 Å². The zero-order valence-corrected chi connectivity index (χ0v) is 16.1. The van der Waals surface area contributed by atoms with Crippen LogP contribution in [0.2, 0.25) is 0 Å². The van der Waals surface area contributed by atoms with Crippen molar-refractivity contribution >= 4 is 39.4 Å². The van der Waals surface area contributed by atoms with E-state index in [2.05, 4.69) is 4.98 Å². The molecule has 0 bridgehead atoms. The van der Waals surface area contributed by atoms with Gasteiger partial charge in [-0.2, -0.15) is 4.98 Å². The van der Waals surface area contributed by atoms with Crippen LogP contribution in [0.1, 0.15) is 37.7 Å². The second kappa shape index (κ2) is 6.11. The van der Waals surface area contributed by atoms with Crippen molar-refractivity contribution in [2.75, 3.05) is 0 Å². The van der Waals surface area contributed by atoms with Crippen molar-refractivity contribution in [1.82, 2.24) is 4.98 Å². The first-order chi connectivity index (χ1) is 13.5. The predicted octanol–water partition coefficient (Wildman–Crippen LogP) is 5.64. The molecule has 0 N–H and O–H groups in total. The number of benzene rings is 2. The molecule has 0 spiro atoms. The third kappa shape index (κ3) is 2.47. The van der Waals surface area contributed by atoms with Crippen molar-refractivity contribution in [3.63, 3.8) is 0 Å². The Bertz CT molecular complexity index is 1230. The second-order valence-corrected chi connectivity index (χ2v) is 7.89. The molecule has 0 radical (unpaired) electrons. The fourth-order valence-corrected chi connectivity index (χ4v) is 4.55. The number of rotatable bonds is 2. The van der Waals surface area contributed by atoms with Gasteiger partial charge >= 0.3 is 0 Å². The Morgan fingerprint density at radius 2 is 1.57 bits per heavy atom. The molecule has 2 aromatic carbocycles. The van der Waals surface area contributed by atoms with Gasteiger partial charge in [0.1, 0.15) is 0 Å². The van der Waals surface area contributed by atoms with Gasteiger partial charge in [-0.3, -0.25) is 9.59 Å². The van der Waals surface area contributed by atoms with Crippen LogP contribution in [0.15, 0.2) is 58.5 Å². The van der Waals surface area contributed by atoms with Crippen molar-refractivity contribution < 1.29 is 14.0 Å². The van der Waals surface area contributed by atoms with E-state index in [4.69, 9.17) is 4.42 Å². The molecular weight excluding hydrogens is 370 g/mol. The summed E-state index contributed by atoms with van der Waals surface area (Å²) in [6, 6.07) is 15.7. The largest absolute Gasteiger partial charge is 0.436 e. The van der Waals surface area contributed by atoms with Crippen LogP contribution in [0.25, 0.3) is 26.9 Å². The van der Waals surface area contributed by atoms with E-state index >= 15 is 0 Å². The number of carbonyl (C=O) groups is 2. The summed E-state index contributed by atoms with van der Waals surface area (Å²) in [6.07, 6.45) is 1.47. The van der Waals surface area contributed by atoms with Gasteiger partial charge in [-0.05, 0) is 30.5 Å². The quantitative estimate of drug-likeness (QED) is 0.331. The lowest BCUT2D eigenvalue weighted by Crippen LogP contribution is -2.01. The maximum absolute atomic E-state index is 12.8. The van der Waals surface area contributed by atoms with Gasteiger partial charge in [0.05, 0.1) is 5.57 Å². The summed E-state index contributed by atoms with van der Waals surface area (Å²) >= 11 is 1.52. The van der Waals surface area contributed by atoms with E-state index < -0.39 is 0 Å². The molecule has 5 rings (SSSR count). The average Bonchev–Trinajstić information content (AvgIpc) is 3.32. The third-order valence-electron chi connectivity index (χ3n) is 5.00. The zero-order valence-electron chi connectivity index (χ0n) is 15.3. The summed E-state index contributed by atoms with van der Waals surface area (Å²) in [5.41, 5.74) is 4.48. The van der Waals surface area contributed by atoms with E-state index in [-0.39, 0.29) is 23.0 Å².